The van der Waals surface area contributed by atoms with Gasteiger partial charge in [0.1, 0.15) is 43.2 Å². The number of esters is 2. The van der Waals surface area contributed by atoms with Crippen LogP contribution in [-0.4, -0.2) is 98.3 Å². The topological polar surface area (TPSA) is 210 Å². The Morgan fingerprint density at radius 1 is 0.525 bits per heavy atom. The minimum Gasteiger partial charge on any atom is -0.462 e. The van der Waals surface area contributed by atoms with E-state index in [1.807, 2.05) is 12.2 Å². The van der Waals surface area contributed by atoms with Crippen molar-refractivity contribution in [2.75, 3.05) is 13.2 Å². The Balaban J connectivity index is 2.52. The molecule has 13 nitrogen and oxygen atoms in total. The van der Waals surface area contributed by atoms with E-state index in [4.69, 9.17) is 18.5 Å². The third-order valence-electron chi connectivity index (χ3n) is 10.0. The third-order valence-corrected chi connectivity index (χ3v) is 11.0. The molecule has 1 rings (SSSR count). The Bertz CT molecular complexity index is 1340. The smallest absolute Gasteiger partial charge is 0.462 e. The van der Waals surface area contributed by atoms with Gasteiger partial charge in [0.15, 0.2) is 6.10 Å². The first-order valence-electron chi connectivity index (χ1n) is 22.7. The van der Waals surface area contributed by atoms with E-state index in [1.54, 1.807) is 0 Å². The number of carbonyl (C=O) groups is 2. The van der Waals surface area contributed by atoms with Crippen molar-refractivity contribution in [2.45, 2.75) is 198 Å². The van der Waals surface area contributed by atoms with Crippen LogP contribution in [0.15, 0.2) is 72.9 Å². The van der Waals surface area contributed by atoms with Crippen LogP contribution in [0, 0.1) is 0 Å². The molecular weight excluding hydrogens is 803 g/mol. The lowest BCUT2D eigenvalue weighted by Crippen LogP contribution is -2.64. The molecule has 0 radical (unpaired) electrons. The number of aliphatic hydroxyl groups is 5. The van der Waals surface area contributed by atoms with E-state index in [-0.39, 0.29) is 12.8 Å². The second-order valence-corrected chi connectivity index (χ2v) is 16.9. The Kier molecular flexibility index (Phi) is 33.9. The molecule has 0 spiro atoms. The molecule has 1 saturated carbocycles. The predicted molar refractivity (Wildman–Crippen MR) is 239 cm³/mol. The van der Waals surface area contributed by atoms with Gasteiger partial charge in [-0.25, -0.2) is 4.57 Å². The average molecular weight is 883 g/mol. The minimum absolute atomic E-state index is 0.0143. The molecule has 350 valence electrons. The molecule has 8 atom stereocenters. The maximum absolute atomic E-state index is 12.8. The zero-order chi connectivity index (χ0) is 45.0. The van der Waals surface area contributed by atoms with Crippen molar-refractivity contribution in [1.82, 2.24) is 0 Å². The lowest BCUT2D eigenvalue weighted by atomic mass is 9.85. The van der Waals surface area contributed by atoms with Crippen LogP contribution in [0.25, 0.3) is 0 Å². The van der Waals surface area contributed by atoms with Crippen molar-refractivity contribution in [3.8, 4) is 0 Å². The highest BCUT2D eigenvalue weighted by molar-refractivity contribution is 7.47. The zero-order valence-corrected chi connectivity index (χ0v) is 37.8. The number of hydrogen-bond acceptors (Lipinski definition) is 12. The zero-order valence-electron chi connectivity index (χ0n) is 36.9. The Hall–Kier alpha value is -2.71. The molecule has 61 heavy (non-hydrogen) atoms. The number of phosphoric ester groups is 1. The van der Waals surface area contributed by atoms with Gasteiger partial charge in [-0.2, -0.15) is 0 Å². The van der Waals surface area contributed by atoms with Gasteiger partial charge in [0.05, 0.1) is 6.61 Å². The Morgan fingerprint density at radius 3 is 1.49 bits per heavy atom. The van der Waals surface area contributed by atoms with Gasteiger partial charge in [0, 0.05) is 12.8 Å². The molecule has 0 bridgehead atoms. The minimum atomic E-state index is -5.14. The van der Waals surface area contributed by atoms with E-state index >= 15 is 0 Å². The number of unbranched alkanes of at least 4 members (excludes halogenated alkanes) is 12. The van der Waals surface area contributed by atoms with Crippen LogP contribution < -0.4 is 0 Å². The summed E-state index contributed by atoms with van der Waals surface area (Å²) in [6.45, 7) is 3.11. The average Bonchev–Trinajstić information content (AvgIpc) is 3.24. The van der Waals surface area contributed by atoms with Crippen LogP contribution in [0.5, 0.6) is 0 Å². The summed E-state index contributed by atoms with van der Waals surface area (Å²) in [5, 5.41) is 50.1. The molecule has 14 heteroatoms. The van der Waals surface area contributed by atoms with E-state index in [0.717, 1.165) is 64.2 Å². The number of ether oxygens (including phenoxy) is 2. The fourth-order valence-electron chi connectivity index (χ4n) is 6.37. The first-order valence-corrected chi connectivity index (χ1v) is 24.2. The van der Waals surface area contributed by atoms with Crippen LogP contribution in [0.1, 0.15) is 155 Å². The molecule has 1 aliphatic rings. The molecule has 1 fully saturated rings. The molecule has 0 heterocycles. The molecule has 6 unspecified atom stereocenters. The second-order valence-electron chi connectivity index (χ2n) is 15.5. The van der Waals surface area contributed by atoms with E-state index in [2.05, 4.69) is 74.6 Å². The first kappa shape index (κ1) is 56.3. The molecule has 0 aromatic rings. The third kappa shape index (κ3) is 29.3. The van der Waals surface area contributed by atoms with Crippen molar-refractivity contribution in [1.29, 1.82) is 0 Å². The van der Waals surface area contributed by atoms with Gasteiger partial charge in [0.2, 0.25) is 0 Å². The van der Waals surface area contributed by atoms with Gasteiger partial charge in [0.25, 0.3) is 0 Å². The lowest BCUT2D eigenvalue weighted by Gasteiger charge is -2.41. The largest absolute Gasteiger partial charge is 0.472 e. The van der Waals surface area contributed by atoms with E-state index in [0.29, 0.717) is 19.3 Å². The van der Waals surface area contributed by atoms with Crippen molar-refractivity contribution in [2.24, 2.45) is 0 Å². The standard InChI is InChI=1S/C47H79O13P/c1-3-5-7-9-11-13-15-17-19-20-22-24-26-28-30-32-34-36-41(49)59-39(38-58-61(55,56)60-47-45(53)43(51)42(50)44(52)46(47)54)37-57-40(48)35-33-31-29-27-25-23-21-18-16-14-12-10-8-6-4-2/h5,7,11,13-14,16-17,19,22,24,28,30,39,42-47,50-54H,3-4,6,8-10,12,15,18,20-21,23,25-27,29,31-38H2,1-2H3,(H,55,56)/b7-5+,13-11+,16-14+,19-17+,24-22+,30-28+/t39-,42?,43+,44?,45?,46?,47?/m1/s1. The van der Waals surface area contributed by atoms with Crippen LogP contribution in [-0.2, 0) is 32.7 Å². The second kappa shape index (κ2) is 36.7. The summed E-state index contributed by atoms with van der Waals surface area (Å²) in [4.78, 5) is 35.7. The van der Waals surface area contributed by atoms with Crippen LogP contribution in [0.4, 0.5) is 0 Å². The molecule has 0 aliphatic heterocycles. The first-order chi connectivity index (χ1) is 29.4. The van der Waals surface area contributed by atoms with Crippen molar-refractivity contribution < 1.29 is 63.1 Å². The van der Waals surface area contributed by atoms with Crippen LogP contribution in [0.2, 0.25) is 0 Å². The molecule has 0 aromatic heterocycles. The molecule has 0 amide bonds. The van der Waals surface area contributed by atoms with E-state index in [1.165, 1.54) is 44.9 Å². The van der Waals surface area contributed by atoms with Crippen LogP contribution >= 0.6 is 7.82 Å². The van der Waals surface area contributed by atoms with Gasteiger partial charge in [-0.05, 0) is 77.0 Å². The Labute approximate surface area is 365 Å². The molecule has 1 aliphatic carbocycles. The van der Waals surface area contributed by atoms with E-state index < -0.39 is 75.7 Å². The maximum Gasteiger partial charge on any atom is 0.472 e. The summed E-state index contributed by atoms with van der Waals surface area (Å²) in [5.74, 6) is -1.18. The van der Waals surface area contributed by atoms with Gasteiger partial charge >= 0.3 is 19.8 Å². The summed E-state index contributed by atoms with van der Waals surface area (Å²) in [6, 6.07) is 0. The number of rotatable bonds is 36. The summed E-state index contributed by atoms with van der Waals surface area (Å²) in [7, 11) is -5.14. The van der Waals surface area contributed by atoms with Crippen molar-refractivity contribution in [3.05, 3.63) is 72.9 Å². The van der Waals surface area contributed by atoms with Gasteiger partial charge in [-0.15, -0.1) is 0 Å². The summed E-state index contributed by atoms with van der Waals surface area (Å²) >= 11 is 0. The van der Waals surface area contributed by atoms with Gasteiger partial charge in [-0.3, -0.25) is 18.6 Å². The summed E-state index contributed by atoms with van der Waals surface area (Å²) < 4.78 is 33.4. The number of aliphatic hydroxyl groups excluding tert-OH is 5. The van der Waals surface area contributed by atoms with Crippen molar-refractivity contribution in [3.63, 3.8) is 0 Å². The van der Waals surface area contributed by atoms with E-state index in [9.17, 15) is 44.6 Å². The van der Waals surface area contributed by atoms with Crippen molar-refractivity contribution >= 4 is 19.8 Å². The highest BCUT2D eigenvalue weighted by atomic mass is 31.2. The fraction of sp³-hybridized carbons (Fsp3) is 0.702. The number of hydrogen-bond donors (Lipinski definition) is 6. The highest BCUT2D eigenvalue weighted by Gasteiger charge is 2.51. The summed E-state index contributed by atoms with van der Waals surface area (Å²) in [6.07, 6.45) is 32.5. The SMILES string of the molecule is CC/C=C/C/C=C/C/C=C/C/C=C/C/C=C/CCCC(=O)O[C@H](COC(=O)CCCCCCCCC/C=C/CCCCCC)COP(=O)(O)OC1C(O)C(O)C(O)[C@H](O)C1O. The Morgan fingerprint density at radius 2 is 0.951 bits per heavy atom. The highest BCUT2D eigenvalue weighted by Crippen LogP contribution is 2.47. The monoisotopic (exact) mass is 883 g/mol. The number of carbonyl (C=O) groups excluding carboxylic acids is 2. The molecule has 6 N–H and O–H groups in total. The lowest BCUT2D eigenvalue weighted by molar-refractivity contribution is -0.220. The molecule has 0 aromatic carbocycles. The summed E-state index contributed by atoms with van der Waals surface area (Å²) in [5.41, 5.74) is 0. The quantitative estimate of drug-likeness (QED) is 0.0151. The predicted octanol–water partition coefficient (Wildman–Crippen LogP) is 8.72. The van der Waals surface area contributed by atoms with Crippen LogP contribution in [0.3, 0.4) is 0 Å². The van der Waals surface area contributed by atoms with Gasteiger partial charge < -0.3 is 39.9 Å². The number of allylic oxidation sites excluding steroid dienone is 12. The fourth-order valence-corrected chi connectivity index (χ4v) is 7.35. The molecular formula is C47H79O13P. The molecule has 0 saturated heterocycles. The number of phosphoric acid groups is 1. The van der Waals surface area contributed by atoms with Gasteiger partial charge in [-0.1, -0.05) is 138 Å². The normalized spacial score (nSPS) is 22.7. The maximum atomic E-state index is 12.8.